The zero-order valence-corrected chi connectivity index (χ0v) is 21.2. The third kappa shape index (κ3) is 5.79. The topological polar surface area (TPSA) is 159 Å². The van der Waals surface area contributed by atoms with E-state index in [2.05, 4.69) is 34.4 Å². The molecule has 0 saturated heterocycles. The van der Waals surface area contributed by atoms with E-state index in [1.165, 1.54) is 30.3 Å². The predicted molar refractivity (Wildman–Crippen MR) is 138 cm³/mol. The summed E-state index contributed by atoms with van der Waals surface area (Å²) in [6.45, 7) is 0. The van der Waals surface area contributed by atoms with Crippen molar-refractivity contribution in [3.05, 3.63) is 88.0 Å². The van der Waals surface area contributed by atoms with E-state index in [1.54, 1.807) is 12.1 Å². The fraction of sp³-hybridized carbons (Fsp3) is 0.0417. The van der Waals surface area contributed by atoms with Gasteiger partial charge in [0.2, 0.25) is 0 Å². The first-order valence-corrected chi connectivity index (χ1v) is 12.9. The number of sulfonamides is 1. The molecule has 2 aromatic heterocycles. The van der Waals surface area contributed by atoms with Crippen molar-refractivity contribution in [2.75, 3.05) is 10.0 Å². The minimum Gasteiger partial charge on any atom is -0.406 e. The van der Waals surface area contributed by atoms with Crippen LogP contribution in [0.4, 0.5) is 24.5 Å². The fourth-order valence-electron chi connectivity index (χ4n) is 3.74. The van der Waals surface area contributed by atoms with Crippen LogP contribution in [0.3, 0.4) is 0 Å². The van der Waals surface area contributed by atoms with Crippen LogP contribution in [-0.4, -0.2) is 35.8 Å². The van der Waals surface area contributed by atoms with Gasteiger partial charge in [-0.15, -0.1) is 13.2 Å². The average molecular weight is 594 g/mol. The van der Waals surface area contributed by atoms with E-state index in [4.69, 9.17) is 11.6 Å². The highest BCUT2D eigenvalue weighted by atomic mass is 35.5. The van der Waals surface area contributed by atoms with Gasteiger partial charge in [0.25, 0.3) is 15.9 Å². The smallest absolute Gasteiger partial charge is 0.406 e. The summed E-state index contributed by atoms with van der Waals surface area (Å²) in [5.41, 5.74) is 0.939. The molecule has 0 radical (unpaired) electrons. The van der Waals surface area contributed by atoms with E-state index >= 15 is 0 Å². The van der Waals surface area contributed by atoms with Crippen molar-refractivity contribution >= 4 is 49.8 Å². The van der Waals surface area contributed by atoms with Crippen LogP contribution in [-0.2, 0) is 10.0 Å². The summed E-state index contributed by atoms with van der Waals surface area (Å²) in [6.07, 6.45) is -4.92. The number of rotatable bonds is 7. The number of hydrogen-bond acceptors (Lipinski definition) is 7. The number of para-hydroxylation sites is 1. The van der Waals surface area contributed by atoms with E-state index in [1.807, 2.05) is 0 Å². The minimum atomic E-state index is -4.92. The number of carbonyl (C=O) groups is 1. The van der Waals surface area contributed by atoms with Gasteiger partial charge < -0.3 is 15.0 Å². The van der Waals surface area contributed by atoms with E-state index in [0.29, 0.717) is 10.4 Å². The fourth-order valence-corrected chi connectivity index (χ4v) is 4.99. The number of anilines is 2. The Morgan fingerprint density at radius 3 is 2.42 bits per heavy atom. The summed E-state index contributed by atoms with van der Waals surface area (Å²) < 4.78 is 73.7. The van der Waals surface area contributed by atoms with Crippen LogP contribution >= 0.6 is 11.6 Å². The minimum absolute atomic E-state index is 0.0362. The number of halogens is 4. The molecule has 5 rings (SSSR count). The molecule has 0 unspecified atom stereocenters. The Morgan fingerprint density at radius 2 is 1.75 bits per heavy atom. The number of nitrogens with zero attached hydrogens (tertiary/aromatic N) is 1. The number of benzene rings is 3. The zero-order valence-electron chi connectivity index (χ0n) is 19.7. The quantitative estimate of drug-likeness (QED) is 0.204. The summed E-state index contributed by atoms with van der Waals surface area (Å²) in [5, 5.41) is 7.08. The Hall–Kier alpha value is -4.76. The molecule has 1 amide bonds. The van der Waals surface area contributed by atoms with Crippen LogP contribution in [0.5, 0.6) is 5.75 Å². The molecule has 0 aliphatic carbocycles. The molecule has 0 spiro atoms. The highest BCUT2D eigenvalue weighted by molar-refractivity contribution is 7.92. The van der Waals surface area contributed by atoms with Crippen LogP contribution in [0.2, 0.25) is 5.02 Å². The first-order chi connectivity index (χ1) is 18.9. The monoisotopic (exact) mass is 593 g/mol. The Labute approximate surface area is 227 Å². The summed E-state index contributed by atoms with van der Waals surface area (Å²) in [5.74, 6) is -1.95. The van der Waals surface area contributed by atoms with Crippen molar-refractivity contribution in [3.63, 3.8) is 0 Å². The van der Waals surface area contributed by atoms with E-state index in [-0.39, 0.29) is 38.9 Å². The normalized spacial score (nSPS) is 11.9. The van der Waals surface area contributed by atoms with Crippen molar-refractivity contribution in [2.45, 2.75) is 11.3 Å². The van der Waals surface area contributed by atoms with Crippen LogP contribution in [0.25, 0.3) is 22.3 Å². The number of fused-ring (bicyclic) bond motifs is 1. The Balaban J connectivity index is 1.40. The van der Waals surface area contributed by atoms with Crippen LogP contribution in [0, 0.1) is 0 Å². The molecule has 0 atom stereocenters. The molecule has 11 nitrogen and oxygen atoms in total. The van der Waals surface area contributed by atoms with Gasteiger partial charge in [-0.25, -0.2) is 13.2 Å². The standard InChI is InChI=1S/C24H15ClF3N5O6S/c25-13-4-9-17(16(11-13)21-31-23(35)39-32-21)30-22(34)19-10-12-2-1-3-18(20(12)29-19)33-40(36,37)15-7-5-14(6-8-15)38-24(26,27)28/h1-11,29,33H,(H,30,34)(H,31,32,35). The van der Waals surface area contributed by atoms with Gasteiger partial charge in [0, 0.05) is 16.0 Å². The van der Waals surface area contributed by atoms with Gasteiger partial charge >= 0.3 is 12.1 Å². The van der Waals surface area contributed by atoms with Gasteiger partial charge in [0.05, 0.1) is 21.8 Å². The van der Waals surface area contributed by atoms with Crippen LogP contribution in [0.15, 0.2) is 80.9 Å². The summed E-state index contributed by atoms with van der Waals surface area (Å²) in [7, 11) is -4.23. The third-order valence-corrected chi connectivity index (χ3v) is 7.05. The zero-order chi connectivity index (χ0) is 28.7. The van der Waals surface area contributed by atoms with Crippen molar-refractivity contribution in [3.8, 4) is 17.1 Å². The summed E-state index contributed by atoms with van der Waals surface area (Å²) >= 11 is 6.05. The number of nitrogens with one attached hydrogen (secondary N) is 4. The average Bonchev–Trinajstić information content (AvgIpc) is 3.51. The lowest BCUT2D eigenvalue weighted by molar-refractivity contribution is -0.274. The van der Waals surface area contributed by atoms with Crippen molar-refractivity contribution in [1.82, 2.24) is 15.1 Å². The second-order valence-corrected chi connectivity index (χ2v) is 10.3. The van der Waals surface area contributed by atoms with Crippen molar-refractivity contribution in [2.24, 2.45) is 0 Å². The Bertz CT molecular complexity index is 1900. The van der Waals surface area contributed by atoms with Crippen molar-refractivity contribution in [1.29, 1.82) is 0 Å². The predicted octanol–water partition coefficient (Wildman–Crippen LogP) is 5.12. The second kappa shape index (κ2) is 10.1. The number of aromatic amines is 2. The lowest BCUT2D eigenvalue weighted by atomic mass is 10.1. The Kier molecular flexibility index (Phi) is 6.77. The molecule has 3 aromatic carbocycles. The van der Waals surface area contributed by atoms with Crippen molar-refractivity contribution < 1.29 is 35.6 Å². The Morgan fingerprint density at radius 1 is 1.00 bits per heavy atom. The maximum Gasteiger partial charge on any atom is 0.573 e. The molecule has 0 aliphatic rings. The van der Waals surface area contributed by atoms with Gasteiger partial charge in [-0.2, -0.15) is 0 Å². The summed E-state index contributed by atoms with van der Waals surface area (Å²) in [6, 6.07) is 14.3. The molecule has 0 fully saturated rings. The molecular weight excluding hydrogens is 579 g/mol. The van der Waals surface area contributed by atoms with E-state index < -0.39 is 33.8 Å². The molecule has 40 heavy (non-hydrogen) atoms. The van der Waals surface area contributed by atoms with Crippen LogP contribution < -0.4 is 20.5 Å². The lowest BCUT2D eigenvalue weighted by Crippen LogP contribution is -2.17. The number of carbonyl (C=O) groups excluding carboxylic acids is 1. The number of alkyl halides is 3. The molecule has 0 aliphatic heterocycles. The van der Waals surface area contributed by atoms with Gasteiger partial charge in [-0.1, -0.05) is 28.9 Å². The van der Waals surface area contributed by atoms with Crippen LogP contribution in [0.1, 0.15) is 10.5 Å². The van der Waals surface area contributed by atoms with E-state index in [9.17, 15) is 31.2 Å². The number of H-pyrrole nitrogens is 2. The maximum absolute atomic E-state index is 13.1. The molecule has 0 saturated carbocycles. The summed E-state index contributed by atoms with van der Waals surface area (Å²) in [4.78, 5) is 29.4. The van der Waals surface area contributed by atoms with Gasteiger partial charge in [-0.05, 0) is 54.6 Å². The lowest BCUT2D eigenvalue weighted by Gasteiger charge is -2.11. The van der Waals surface area contributed by atoms with Gasteiger partial charge in [0.15, 0.2) is 5.82 Å². The number of aromatic nitrogens is 3. The molecule has 5 aromatic rings. The highest BCUT2D eigenvalue weighted by Gasteiger charge is 2.31. The van der Waals surface area contributed by atoms with Gasteiger partial charge in [-0.3, -0.25) is 19.0 Å². The molecule has 0 bridgehead atoms. The first kappa shape index (κ1) is 26.8. The first-order valence-electron chi connectivity index (χ1n) is 11.1. The molecule has 206 valence electrons. The molecule has 4 N–H and O–H groups in total. The van der Waals surface area contributed by atoms with E-state index in [0.717, 1.165) is 24.3 Å². The SMILES string of the molecule is O=C(Nc1ccc(Cl)cc1-c1noc(=O)[nH]1)c1cc2cccc(NS(=O)(=O)c3ccc(OC(F)(F)F)cc3)c2[nH]1. The number of hydrogen-bond donors (Lipinski definition) is 4. The molecule has 16 heteroatoms. The third-order valence-electron chi connectivity index (χ3n) is 5.44. The molecule has 2 heterocycles. The second-order valence-electron chi connectivity index (χ2n) is 8.17. The largest absolute Gasteiger partial charge is 0.573 e. The molecular formula is C24H15ClF3N5O6S. The van der Waals surface area contributed by atoms with Gasteiger partial charge in [0.1, 0.15) is 11.4 Å². The number of ether oxygens (including phenoxy) is 1. The maximum atomic E-state index is 13.1. The highest BCUT2D eigenvalue weighted by Crippen LogP contribution is 2.31. The number of amides is 1.